The number of rotatable bonds is 5. The van der Waals surface area contributed by atoms with Gasteiger partial charge in [-0.25, -0.2) is 4.79 Å². The van der Waals surface area contributed by atoms with Gasteiger partial charge in [0, 0.05) is 12.3 Å². The van der Waals surface area contributed by atoms with Crippen LogP contribution in [0.2, 0.25) is 18.1 Å². The number of carbonyl (C=O) groups is 1. The van der Waals surface area contributed by atoms with Gasteiger partial charge in [0.1, 0.15) is 0 Å². The quantitative estimate of drug-likeness (QED) is 0.320. The van der Waals surface area contributed by atoms with E-state index in [-0.39, 0.29) is 17.2 Å². The molecule has 0 aromatic carbocycles. The third-order valence-electron chi connectivity index (χ3n) is 5.06. The van der Waals surface area contributed by atoms with E-state index in [2.05, 4.69) is 57.4 Å². The van der Waals surface area contributed by atoms with Crippen molar-refractivity contribution in [3.63, 3.8) is 0 Å². The largest absolute Gasteiger partial charge is 0.459 e. The van der Waals surface area contributed by atoms with Gasteiger partial charge in [-0.3, -0.25) is 0 Å². The minimum Gasteiger partial charge on any atom is -0.459 e. The molecule has 0 radical (unpaired) electrons. The Hall–Kier alpha value is -0.833. The first-order valence-corrected chi connectivity index (χ1v) is 11.9. The van der Waals surface area contributed by atoms with Gasteiger partial charge in [0.15, 0.2) is 8.32 Å². The Morgan fingerprint density at radius 2 is 2.00 bits per heavy atom. The fraction of sp³-hybridized carbons (Fsp3) is 0.842. The molecule has 4 nitrogen and oxygen atoms in total. The lowest BCUT2D eigenvalue weighted by Gasteiger charge is -2.40. The monoisotopic (exact) mass is 354 g/mol. The first-order chi connectivity index (χ1) is 11.0. The van der Waals surface area contributed by atoms with Crippen LogP contribution in [-0.4, -0.2) is 39.7 Å². The zero-order chi connectivity index (χ0) is 18.4. The molecule has 0 amide bonds. The fourth-order valence-corrected chi connectivity index (χ4v) is 3.99. The average molecular weight is 355 g/mol. The average Bonchev–Trinajstić information content (AvgIpc) is 2.45. The zero-order valence-corrected chi connectivity index (χ0v) is 17.4. The van der Waals surface area contributed by atoms with Crippen LogP contribution in [0, 0.1) is 11.8 Å². The Morgan fingerprint density at radius 1 is 1.33 bits per heavy atom. The van der Waals surface area contributed by atoms with Gasteiger partial charge in [-0.1, -0.05) is 26.7 Å². The number of methoxy groups -OCH3 is 1. The highest BCUT2D eigenvalue weighted by Gasteiger charge is 2.39. The van der Waals surface area contributed by atoms with Gasteiger partial charge < -0.3 is 13.9 Å². The van der Waals surface area contributed by atoms with E-state index in [4.69, 9.17) is 9.16 Å². The molecule has 0 N–H and O–H groups in total. The Bertz CT molecular complexity index is 470. The molecule has 1 aliphatic rings. The van der Waals surface area contributed by atoms with Gasteiger partial charge in [0.05, 0.1) is 25.4 Å². The van der Waals surface area contributed by atoms with Crippen molar-refractivity contribution in [3.05, 3.63) is 0 Å². The fourth-order valence-electron chi connectivity index (χ4n) is 2.62. The van der Waals surface area contributed by atoms with Crippen molar-refractivity contribution in [2.75, 3.05) is 7.11 Å². The number of hydrogen-bond acceptors (Lipinski definition) is 4. The first kappa shape index (κ1) is 21.2. The maximum Gasteiger partial charge on any atom is 0.384 e. The molecule has 1 rings (SSSR count). The van der Waals surface area contributed by atoms with Crippen molar-refractivity contribution < 1.29 is 18.7 Å². The molecule has 0 bridgehead atoms. The molecule has 5 heteroatoms. The summed E-state index contributed by atoms with van der Waals surface area (Å²) in [5.41, 5.74) is 0. The maximum atomic E-state index is 11.2. The standard InChI is InChI=1S/C19H34O4Si/c1-15-10-8-11-16(22-15)14-17(12-9-13-18(20)21-5)23-24(6,7)19(2,3)4/h15-17H,8,10-12,14H2,1-7H3/t15-,16-,17-/m1/s1. The summed E-state index contributed by atoms with van der Waals surface area (Å²) >= 11 is 0. The molecular weight excluding hydrogens is 320 g/mol. The van der Waals surface area contributed by atoms with Crippen LogP contribution >= 0.6 is 0 Å². The van der Waals surface area contributed by atoms with E-state index in [1.54, 1.807) is 0 Å². The molecule has 1 saturated heterocycles. The molecule has 3 atom stereocenters. The van der Waals surface area contributed by atoms with Crippen molar-refractivity contribution >= 4 is 14.3 Å². The summed E-state index contributed by atoms with van der Waals surface area (Å²) in [4.78, 5) is 11.2. The molecule has 0 spiro atoms. The van der Waals surface area contributed by atoms with Gasteiger partial charge in [-0.15, -0.1) is 0 Å². The lowest BCUT2D eigenvalue weighted by atomic mass is 9.99. The van der Waals surface area contributed by atoms with Crippen molar-refractivity contribution in [3.8, 4) is 11.8 Å². The molecule has 0 saturated carbocycles. The van der Waals surface area contributed by atoms with Crippen LogP contribution in [0.1, 0.15) is 59.8 Å². The molecule has 138 valence electrons. The van der Waals surface area contributed by atoms with Gasteiger partial charge in [0.25, 0.3) is 0 Å². The minimum absolute atomic E-state index is 0.00153. The summed E-state index contributed by atoms with van der Waals surface area (Å²) in [6, 6.07) is 0. The predicted molar refractivity (Wildman–Crippen MR) is 99.3 cm³/mol. The van der Waals surface area contributed by atoms with Gasteiger partial charge in [0.2, 0.25) is 0 Å². The SMILES string of the molecule is COC(=O)C#CC[C@H](C[C@H]1CCC[C@@H](C)O1)O[Si](C)(C)C(C)(C)C. The summed E-state index contributed by atoms with van der Waals surface area (Å²) in [6.45, 7) is 13.3. The molecule has 24 heavy (non-hydrogen) atoms. The summed E-state index contributed by atoms with van der Waals surface area (Å²) < 4.78 is 17.2. The number of ether oxygens (including phenoxy) is 2. The summed E-state index contributed by atoms with van der Waals surface area (Å²) in [6.07, 6.45) is 5.33. The van der Waals surface area contributed by atoms with Crippen LogP contribution in [0.5, 0.6) is 0 Å². The van der Waals surface area contributed by atoms with E-state index in [1.165, 1.54) is 13.5 Å². The van der Waals surface area contributed by atoms with E-state index < -0.39 is 14.3 Å². The van der Waals surface area contributed by atoms with Gasteiger partial charge in [-0.05, 0) is 50.7 Å². The second-order valence-corrected chi connectivity index (χ2v) is 13.0. The Morgan fingerprint density at radius 3 is 2.54 bits per heavy atom. The van der Waals surface area contributed by atoms with E-state index in [0.29, 0.717) is 12.5 Å². The molecule has 0 aromatic heterocycles. The molecule has 1 fully saturated rings. The second kappa shape index (κ2) is 9.03. The summed E-state index contributed by atoms with van der Waals surface area (Å²) in [7, 11) is -0.549. The Balaban J connectivity index is 2.77. The van der Waals surface area contributed by atoms with Crippen LogP contribution < -0.4 is 0 Å². The molecule has 0 aliphatic carbocycles. The second-order valence-electron chi connectivity index (χ2n) is 8.23. The van der Waals surface area contributed by atoms with Crippen molar-refractivity contribution in [2.45, 2.75) is 96.2 Å². The predicted octanol–water partition coefficient (Wildman–Crippen LogP) is 4.29. The molecule has 1 aliphatic heterocycles. The topological polar surface area (TPSA) is 44.8 Å². The van der Waals surface area contributed by atoms with E-state index in [9.17, 15) is 4.79 Å². The Labute approximate surface area is 148 Å². The van der Waals surface area contributed by atoms with Crippen LogP contribution in [0.3, 0.4) is 0 Å². The summed E-state index contributed by atoms with van der Waals surface area (Å²) in [5.74, 6) is 4.95. The minimum atomic E-state index is -1.89. The normalized spacial score (nSPS) is 23.1. The smallest absolute Gasteiger partial charge is 0.384 e. The highest BCUT2D eigenvalue weighted by molar-refractivity contribution is 6.74. The van der Waals surface area contributed by atoms with Crippen molar-refractivity contribution in [1.29, 1.82) is 0 Å². The Kier molecular flexibility index (Phi) is 7.98. The van der Waals surface area contributed by atoms with Crippen LogP contribution in [-0.2, 0) is 18.7 Å². The third kappa shape index (κ3) is 6.96. The molecule has 0 unspecified atom stereocenters. The first-order valence-electron chi connectivity index (χ1n) is 8.95. The van der Waals surface area contributed by atoms with Crippen molar-refractivity contribution in [1.82, 2.24) is 0 Å². The van der Waals surface area contributed by atoms with Crippen molar-refractivity contribution in [2.24, 2.45) is 0 Å². The molecule has 1 heterocycles. The number of carbonyl (C=O) groups excluding carboxylic acids is 1. The maximum absolute atomic E-state index is 11.2. The highest BCUT2D eigenvalue weighted by Crippen LogP contribution is 2.38. The van der Waals surface area contributed by atoms with Crippen LogP contribution in [0.25, 0.3) is 0 Å². The number of hydrogen-bond donors (Lipinski definition) is 0. The lowest BCUT2D eigenvalue weighted by Crippen LogP contribution is -2.45. The number of esters is 1. The third-order valence-corrected chi connectivity index (χ3v) is 9.60. The van der Waals surface area contributed by atoms with E-state index in [0.717, 1.165) is 19.3 Å². The lowest BCUT2D eigenvalue weighted by molar-refractivity contribution is -0.133. The van der Waals surface area contributed by atoms with Gasteiger partial charge >= 0.3 is 5.97 Å². The molecule has 0 aromatic rings. The van der Waals surface area contributed by atoms with E-state index >= 15 is 0 Å². The van der Waals surface area contributed by atoms with Gasteiger partial charge in [-0.2, -0.15) is 0 Å². The highest BCUT2D eigenvalue weighted by atomic mass is 28.4. The van der Waals surface area contributed by atoms with Crippen LogP contribution in [0.15, 0.2) is 0 Å². The molecular formula is C19H34O4Si. The van der Waals surface area contributed by atoms with Crippen LogP contribution in [0.4, 0.5) is 0 Å². The van der Waals surface area contributed by atoms with E-state index in [1.807, 2.05) is 0 Å². The summed E-state index contributed by atoms with van der Waals surface area (Å²) in [5, 5.41) is 0.141. The zero-order valence-electron chi connectivity index (χ0n) is 16.4.